The van der Waals surface area contributed by atoms with Gasteiger partial charge in [0.2, 0.25) is 5.82 Å². The summed E-state index contributed by atoms with van der Waals surface area (Å²) in [6.45, 7) is 1.37. The topological polar surface area (TPSA) is 103 Å². The van der Waals surface area contributed by atoms with Gasteiger partial charge in [0.1, 0.15) is 0 Å². The van der Waals surface area contributed by atoms with E-state index in [0.29, 0.717) is 23.3 Å². The number of nitrogens with one attached hydrogen (secondary N) is 2. The number of imidazole rings is 1. The summed E-state index contributed by atoms with van der Waals surface area (Å²) < 4.78 is 1.60. The molecule has 0 spiro atoms. The zero-order valence-electron chi connectivity index (χ0n) is 16.3. The van der Waals surface area contributed by atoms with Gasteiger partial charge >= 0.3 is 0 Å². The Bertz CT molecular complexity index is 1080. The molecule has 2 aromatic heterocycles. The van der Waals surface area contributed by atoms with Crippen molar-refractivity contribution in [3.05, 3.63) is 65.7 Å². The summed E-state index contributed by atoms with van der Waals surface area (Å²) >= 11 is 0. The Morgan fingerprint density at radius 1 is 1.17 bits per heavy atom. The van der Waals surface area contributed by atoms with E-state index < -0.39 is 5.91 Å². The average Bonchev–Trinajstić information content (AvgIpc) is 3.11. The largest absolute Gasteiger partial charge is 0.349 e. The molecule has 0 fully saturated rings. The third-order valence-electron chi connectivity index (χ3n) is 4.28. The van der Waals surface area contributed by atoms with Crippen molar-refractivity contribution in [1.82, 2.24) is 19.6 Å². The first-order chi connectivity index (χ1) is 14.0. The van der Waals surface area contributed by atoms with Crippen molar-refractivity contribution in [3.63, 3.8) is 0 Å². The quantitative estimate of drug-likeness (QED) is 0.602. The van der Waals surface area contributed by atoms with Crippen LogP contribution in [0.3, 0.4) is 0 Å². The molecule has 3 aromatic rings. The van der Waals surface area contributed by atoms with E-state index in [-0.39, 0.29) is 17.4 Å². The van der Waals surface area contributed by atoms with Crippen molar-refractivity contribution in [2.24, 2.45) is 0 Å². The second-order valence-corrected chi connectivity index (χ2v) is 6.80. The lowest BCUT2D eigenvalue weighted by atomic mass is 10.2. The van der Waals surface area contributed by atoms with E-state index in [1.54, 1.807) is 53.1 Å². The lowest BCUT2D eigenvalue weighted by molar-refractivity contribution is 0.0941. The number of pyridine rings is 1. The highest BCUT2D eigenvalue weighted by Gasteiger charge is 2.21. The minimum Gasteiger partial charge on any atom is -0.349 e. The number of anilines is 1. The van der Waals surface area contributed by atoms with Crippen LogP contribution in [0.15, 0.2) is 48.7 Å². The monoisotopic (exact) mass is 390 g/mol. The molecule has 8 heteroatoms. The number of aromatic nitrogens is 2. The molecule has 29 heavy (non-hydrogen) atoms. The molecule has 8 nitrogen and oxygen atoms in total. The lowest BCUT2D eigenvalue weighted by Gasteiger charge is -2.09. The van der Waals surface area contributed by atoms with Crippen LogP contribution in [0.4, 0.5) is 5.69 Å². The molecule has 0 aliphatic carbocycles. The second-order valence-electron chi connectivity index (χ2n) is 6.80. The Balaban J connectivity index is 1.82. The minimum atomic E-state index is -0.449. The molecule has 2 amide bonds. The summed E-state index contributed by atoms with van der Waals surface area (Å²) in [5, 5.41) is 14.6. The van der Waals surface area contributed by atoms with Crippen LogP contribution < -0.4 is 10.6 Å². The van der Waals surface area contributed by atoms with Crippen molar-refractivity contribution in [2.45, 2.75) is 6.42 Å². The summed E-state index contributed by atoms with van der Waals surface area (Å²) in [6.07, 6.45) is 2.51. The number of benzene rings is 1. The number of carbonyl (C=O) groups is 2. The third kappa shape index (κ3) is 4.78. The number of fused-ring (bicyclic) bond motifs is 1. The Morgan fingerprint density at radius 3 is 2.76 bits per heavy atom. The Kier molecular flexibility index (Phi) is 6.22. The van der Waals surface area contributed by atoms with Gasteiger partial charge in [-0.2, -0.15) is 5.26 Å². The van der Waals surface area contributed by atoms with Crippen molar-refractivity contribution >= 4 is 23.0 Å². The normalized spacial score (nSPS) is 10.7. The number of hydrogen-bond donors (Lipinski definition) is 2. The number of nitrogens with zero attached hydrogens (tertiary/aromatic N) is 4. The number of rotatable bonds is 7. The Morgan fingerprint density at radius 2 is 2.00 bits per heavy atom. The predicted molar refractivity (Wildman–Crippen MR) is 110 cm³/mol. The van der Waals surface area contributed by atoms with Gasteiger partial charge in [-0.05, 0) is 57.4 Å². The van der Waals surface area contributed by atoms with E-state index in [4.69, 9.17) is 5.26 Å². The highest BCUT2D eigenvalue weighted by atomic mass is 16.2. The fourth-order valence-corrected chi connectivity index (χ4v) is 2.90. The zero-order valence-corrected chi connectivity index (χ0v) is 16.3. The molecule has 0 aliphatic rings. The fraction of sp³-hybridized carbons (Fsp3) is 0.238. The molecule has 2 N–H and O–H groups in total. The van der Waals surface area contributed by atoms with Crippen LogP contribution in [-0.2, 0) is 0 Å². The van der Waals surface area contributed by atoms with Crippen LogP contribution in [0.2, 0.25) is 0 Å². The van der Waals surface area contributed by atoms with E-state index in [0.717, 1.165) is 13.0 Å². The first-order valence-corrected chi connectivity index (χ1v) is 9.21. The Labute approximate surface area is 168 Å². The number of nitriles is 1. The maximum atomic E-state index is 12.8. The summed E-state index contributed by atoms with van der Waals surface area (Å²) in [7, 11) is 3.95. The molecule has 3 rings (SSSR count). The van der Waals surface area contributed by atoms with Gasteiger partial charge in [-0.1, -0.05) is 12.1 Å². The van der Waals surface area contributed by atoms with Crippen LogP contribution in [0.25, 0.3) is 5.52 Å². The molecular weight excluding hydrogens is 368 g/mol. The second kappa shape index (κ2) is 8.99. The molecule has 0 atom stereocenters. The maximum Gasteiger partial charge on any atom is 0.287 e. The number of hydrogen-bond acceptors (Lipinski definition) is 5. The molecule has 2 heterocycles. The number of carbonyl (C=O) groups excluding carboxylic acids is 2. The van der Waals surface area contributed by atoms with E-state index in [1.165, 1.54) is 0 Å². The molecular formula is C21H22N6O2. The van der Waals surface area contributed by atoms with Crippen LogP contribution in [0, 0.1) is 11.3 Å². The highest BCUT2D eigenvalue weighted by Crippen LogP contribution is 2.16. The van der Waals surface area contributed by atoms with E-state index in [9.17, 15) is 9.59 Å². The van der Waals surface area contributed by atoms with Gasteiger partial charge in [-0.15, -0.1) is 0 Å². The van der Waals surface area contributed by atoms with Crippen molar-refractivity contribution in [3.8, 4) is 6.07 Å². The van der Waals surface area contributed by atoms with Crippen LogP contribution in [0.5, 0.6) is 0 Å². The van der Waals surface area contributed by atoms with Gasteiger partial charge in [0, 0.05) is 18.4 Å². The fourth-order valence-electron chi connectivity index (χ4n) is 2.90. The van der Waals surface area contributed by atoms with Gasteiger partial charge in [-0.25, -0.2) is 4.98 Å². The van der Waals surface area contributed by atoms with Gasteiger partial charge in [0.05, 0.1) is 17.1 Å². The summed E-state index contributed by atoms with van der Waals surface area (Å²) in [6, 6.07) is 13.9. The first-order valence-electron chi connectivity index (χ1n) is 9.21. The van der Waals surface area contributed by atoms with Crippen molar-refractivity contribution in [2.75, 3.05) is 32.5 Å². The predicted octanol–water partition coefficient (Wildman–Crippen LogP) is 2.14. The molecule has 0 saturated heterocycles. The standard InChI is InChI=1S/C21H22N6O2/c1-26(2)11-6-10-23-21(29)19-25-18(17-9-3-4-12-27(17)19)20(28)24-16-8-5-7-15(13-16)14-22/h3-5,7-9,12-13H,6,10-11H2,1-2H3,(H,23,29)(H,24,28). The van der Waals surface area contributed by atoms with Crippen LogP contribution >= 0.6 is 0 Å². The molecule has 0 radical (unpaired) electrons. The molecule has 0 saturated carbocycles. The van der Waals surface area contributed by atoms with Crippen LogP contribution in [-0.4, -0.2) is 53.3 Å². The molecule has 1 aromatic carbocycles. The van der Waals surface area contributed by atoms with Gasteiger partial charge in [0.15, 0.2) is 5.69 Å². The summed E-state index contributed by atoms with van der Waals surface area (Å²) in [4.78, 5) is 31.7. The highest BCUT2D eigenvalue weighted by molar-refractivity contribution is 6.09. The molecule has 0 aliphatic heterocycles. The van der Waals surface area contributed by atoms with Gasteiger partial charge < -0.3 is 15.5 Å². The summed E-state index contributed by atoms with van der Waals surface area (Å²) in [5.74, 6) is -0.632. The average molecular weight is 390 g/mol. The molecule has 0 bridgehead atoms. The van der Waals surface area contributed by atoms with Crippen molar-refractivity contribution in [1.29, 1.82) is 5.26 Å². The lowest BCUT2D eigenvalue weighted by Crippen LogP contribution is -2.28. The van der Waals surface area contributed by atoms with E-state index >= 15 is 0 Å². The summed E-state index contributed by atoms with van der Waals surface area (Å²) in [5.41, 5.74) is 1.60. The number of amides is 2. The maximum absolute atomic E-state index is 12.8. The third-order valence-corrected chi connectivity index (χ3v) is 4.28. The van der Waals surface area contributed by atoms with Crippen molar-refractivity contribution < 1.29 is 9.59 Å². The Hall–Kier alpha value is -3.70. The molecule has 148 valence electrons. The van der Waals surface area contributed by atoms with Gasteiger partial charge in [0.25, 0.3) is 11.8 Å². The van der Waals surface area contributed by atoms with E-state index in [2.05, 4.69) is 15.6 Å². The minimum absolute atomic E-state index is 0.145. The SMILES string of the molecule is CN(C)CCCNC(=O)c1nc(C(=O)Nc2cccc(C#N)c2)c2ccccn12. The van der Waals surface area contributed by atoms with Crippen LogP contribution in [0.1, 0.15) is 33.1 Å². The van der Waals surface area contributed by atoms with E-state index in [1.807, 2.05) is 25.1 Å². The first kappa shape index (κ1) is 20.0. The smallest absolute Gasteiger partial charge is 0.287 e. The van der Waals surface area contributed by atoms with Gasteiger partial charge in [-0.3, -0.25) is 14.0 Å². The zero-order chi connectivity index (χ0) is 20.8. The molecule has 0 unspecified atom stereocenters.